The number of carbonyl (C=O) groups is 1. The molecule has 0 spiro atoms. The molecule has 0 aliphatic heterocycles. The highest BCUT2D eigenvalue weighted by molar-refractivity contribution is 7.92. The number of hydrogen-bond acceptors (Lipinski definition) is 6. The quantitative estimate of drug-likeness (QED) is 0.323. The summed E-state index contributed by atoms with van der Waals surface area (Å²) in [6.07, 6.45) is 2.45. The van der Waals surface area contributed by atoms with Crippen LogP contribution in [0, 0.1) is 6.92 Å². The van der Waals surface area contributed by atoms with Gasteiger partial charge in [0.1, 0.15) is 13.2 Å². The van der Waals surface area contributed by atoms with Gasteiger partial charge >= 0.3 is 0 Å². The van der Waals surface area contributed by atoms with Crippen LogP contribution in [-0.4, -0.2) is 40.4 Å². The number of halogens is 1. The van der Waals surface area contributed by atoms with E-state index in [4.69, 9.17) is 21.1 Å². The van der Waals surface area contributed by atoms with Crippen molar-refractivity contribution >= 4 is 39.4 Å². The SMILES string of the molecule is COc1cc(/C=N\NC(=O)CN(c2cc(Cl)ccc2C)S(C)(=O)=O)ccc1OCc1ccccc1. The molecule has 3 aromatic rings. The van der Waals surface area contributed by atoms with Crippen LogP contribution in [0.25, 0.3) is 0 Å². The molecule has 0 aliphatic rings. The number of aryl methyl sites for hydroxylation is 1. The van der Waals surface area contributed by atoms with Gasteiger partial charge < -0.3 is 9.47 Å². The summed E-state index contributed by atoms with van der Waals surface area (Å²) >= 11 is 6.02. The molecule has 35 heavy (non-hydrogen) atoms. The highest BCUT2D eigenvalue weighted by Crippen LogP contribution is 2.28. The lowest BCUT2D eigenvalue weighted by atomic mass is 10.2. The van der Waals surface area contributed by atoms with Crippen molar-refractivity contribution in [2.45, 2.75) is 13.5 Å². The highest BCUT2D eigenvalue weighted by Gasteiger charge is 2.22. The van der Waals surface area contributed by atoms with Gasteiger partial charge in [0, 0.05) is 5.02 Å². The van der Waals surface area contributed by atoms with Gasteiger partial charge in [0.2, 0.25) is 10.0 Å². The second-order valence-electron chi connectivity index (χ2n) is 7.68. The summed E-state index contributed by atoms with van der Waals surface area (Å²) in [4.78, 5) is 12.4. The Kier molecular flexibility index (Phi) is 8.73. The van der Waals surface area contributed by atoms with E-state index >= 15 is 0 Å². The van der Waals surface area contributed by atoms with Crippen molar-refractivity contribution in [3.05, 3.63) is 88.4 Å². The van der Waals surface area contributed by atoms with E-state index < -0.39 is 22.5 Å². The van der Waals surface area contributed by atoms with E-state index in [0.29, 0.717) is 39.9 Å². The zero-order chi connectivity index (χ0) is 25.4. The van der Waals surface area contributed by atoms with Crippen LogP contribution in [-0.2, 0) is 21.4 Å². The van der Waals surface area contributed by atoms with Crippen LogP contribution in [0.4, 0.5) is 5.69 Å². The van der Waals surface area contributed by atoms with Crippen LogP contribution < -0.4 is 19.2 Å². The van der Waals surface area contributed by atoms with Crippen LogP contribution in [0.3, 0.4) is 0 Å². The number of nitrogens with one attached hydrogen (secondary N) is 1. The van der Waals surface area contributed by atoms with Gasteiger partial charge in [-0.2, -0.15) is 5.10 Å². The van der Waals surface area contributed by atoms with Crippen molar-refractivity contribution in [3.8, 4) is 11.5 Å². The Balaban J connectivity index is 1.65. The molecule has 1 amide bonds. The standard InChI is InChI=1S/C25H26ClN3O5S/c1-18-9-11-21(26)14-22(18)29(35(3,31)32)16-25(30)28-27-15-20-10-12-23(24(13-20)33-2)34-17-19-7-5-4-6-8-19/h4-15H,16-17H2,1-3H3,(H,28,30)/b27-15-. The highest BCUT2D eigenvalue weighted by atomic mass is 35.5. The molecule has 3 rings (SSSR count). The zero-order valence-corrected chi connectivity index (χ0v) is 21.1. The molecule has 0 heterocycles. The minimum absolute atomic E-state index is 0.329. The second kappa shape index (κ2) is 11.7. The molecular formula is C25H26ClN3O5S. The van der Waals surface area contributed by atoms with Crippen LogP contribution in [0.5, 0.6) is 11.5 Å². The molecule has 0 radical (unpaired) electrons. The third-order valence-corrected chi connectivity index (χ3v) is 6.32. The lowest BCUT2D eigenvalue weighted by molar-refractivity contribution is -0.119. The van der Waals surface area contributed by atoms with Crippen LogP contribution in [0.1, 0.15) is 16.7 Å². The Labute approximate surface area is 210 Å². The number of anilines is 1. The van der Waals surface area contributed by atoms with Crippen molar-refractivity contribution in [3.63, 3.8) is 0 Å². The minimum Gasteiger partial charge on any atom is -0.493 e. The lowest BCUT2D eigenvalue weighted by Crippen LogP contribution is -2.39. The van der Waals surface area contributed by atoms with E-state index in [-0.39, 0.29) is 0 Å². The number of ether oxygens (including phenoxy) is 2. The number of nitrogens with zero attached hydrogens (tertiary/aromatic N) is 2. The minimum atomic E-state index is -3.74. The number of amides is 1. The Morgan fingerprint density at radius 3 is 2.51 bits per heavy atom. The molecule has 0 saturated heterocycles. The Hall–Kier alpha value is -3.56. The first kappa shape index (κ1) is 26.1. The first-order valence-corrected chi connectivity index (χ1v) is 12.8. The molecule has 0 fully saturated rings. The zero-order valence-electron chi connectivity index (χ0n) is 19.6. The largest absolute Gasteiger partial charge is 0.493 e. The van der Waals surface area contributed by atoms with Crippen molar-refractivity contribution in [1.29, 1.82) is 0 Å². The maximum Gasteiger partial charge on any atom is 0.260 e. The number of hydrogen-bond donors (Lipinski definition) is 1. The normalized spacial score (nSPS) is 11.3. The van der Waals surface area contributed by atoms with E-state index in [9.17, 15) is 13.2 Å². The summed E-state index contributed by atoms with van der Waals surface area (Å²) in [7, 11) is -2.20. The van der Waals surface area contributed by atoms with Crippen molar-refractivity contribution in [1.82, 2.24) is 5.43 Å². The molecule has 0 atom stereocenters. The van der Waals surface area contributed by atoms with E-state index in [2.05, 4.69) is 10.5 Å². The van der Waals surface area contributed by atoms with Gasteiger partial charge in [-0.15, -0.1) is 0 Å². The third kappa shape index (κ3) is 7.46. The predicted molar refractivity (Wildman–Crippen MR) is 138 cm³/mol. The number of hydrazone groups is 1. The number of methoxy groups -OCH3 is 1. The molecule has 3 aromatic carbocycles. The fourth-order valence-corrected chi connectivity index (χ4v) is 4.27. The molecule has 0 unspecified atom stereocenters. The topological polar surface area (TPSA) is 97.3 Å². The van der Waals surface area contributed by atoms with Crippen LogP contribution in [0.2, 0.25) is 5.02 Å². The van der Waals surface area contributed by atoms with E-state index in [1.807, 2.05) is 30.3 Å². The maximum absolute atomic E-state index is 12.4. The summed E-state index contributed by atoms with van der Waals surface area (Å²) in [5, 5.41) is 4.30. The summed E-state index contributed by atoms with van der Waals surface area (Å²) in [6, 6.07) is 19.8. The monoisotopic (exact) mass is 515 g/mol. The number of sulfonamides is 1. The van der Waals surface area contributed by atoms with Crippen molar-refractivity contribution in [2.24, 2.45) is 5.10 Å². The fraction of sp³-hybridized carbons (Fsp3) is 0.200. The molecule has 184 valence electrons. The Morgan fingerprint density at radius 1 is 1.09 bits per heavy atom. The van der Waals surface area contributed by atoms with E-state index in [1.165, 1.54) is 19.4 Å². The maximum atomic E-state index is 12.4. The van der Waals surface area contributed by atoms with E-state index in [0.717, 1.165) is 16.1 Å². The molecule has 0 aliphatic carbocycles. The van der Waals surface area contributed by atoms with Crippen LogP contribution in [0.15, 0.2) is 71.8 Å². The average molecular weight is 516 g/mol. The van der Waals surface area contributed by atoms with Gasteiger partial charge in [-0.1, -0.05) is 48.0 Å². The van der Waals surface area contributed by atoms with E-state index in [1.54, 1.807) is 37.3 Å². The smallest absolute Gasteiger partial charge is 0.260 e. The Morgan fingerprint density at radius 2 is 1.83 bits per heavy atom. The summed E-state index contributed by atoms with van der Waals surface area (Å²) in [5.41, 5.74) is 5.03. The molecule has 0 bridgehead atoms. The molecule has 8 nitrogen and oxygen atoms in total. The van der Waals surface area contributed by atoms with Gasteiger partial charge in [-0.05, 0) is 53.9 Å². The first-order chi connectivity index (χ1) is 16.7. The van der Waals surface area contributed by atoms with Gasteiger partial charge in [-0.3, -0.25) is 9.10 Å². The predicted octanol–water partition coefficient (Wildman–Crippen LogP) is 4.15. The van der Waals surface area contributed by atoms with Crippen molar-refractivity contribution in [2.75, 3.05) is 24.2 Å². The van der Waals surface area contributed by atoms with Gasteiger partial charge in [0.05, 0.1) is 25.3 Å². The average Bonchev–Trinajstić information content (AvgIpc) is 2.83. The second-order valence-corrected chi connectivity index (χ2v) is 10.0. The fourth-order valence-electron chi connectivity index (χ4n) is 3.20. The molecule has 1 N–H and O–H groups in total. The summed E-state index contributed by atoms with van der Waals surface area (Å²) in [6.45, 7) is 1.68. The van der Waals surface area contributed by atoms with Crippen molar-refractivity contribution < 1.29 is 22.7 Å². The lowest BCUT2D eigenvalue weighted by Gasteiger charge is -2.23. The third-order valence-electron chi connectivity index (χ3n) is 4.96. The van der Waals surface area contributed by atoms with Crippen LogP contribution >= 0.6 is 11.6 Å². The molecule has 0 saturated carbocycles. The number of rotatable bonds is 10. The van der Waals surface area contributed by atoms with Gasteiger partial charge in [-0.25, -0.2) is 13.8 Å². The summed E-state index contributed by atoms with van der Waals surface area (Å²) in [5.74, 6) is 0.468. The Bertz CT molecular complexity index is 1310. The summed E-state index contributed by atoms with van der Waals surface area (Å²) < 4.78 is 36.8. The van der Waals surface area contributed by atoms with Gasteiger partial charge in [0.25, 0.3) is 5.91 Å². The first-order valence-electron chi connectivity index (χ1n) is 10.6. The number of benzene rings is 3. The molecular weight excluding hydrogens is 490 g/mol. The molecule has 10 heteroatoms. The van der Waals surface area contributed by atoms with Gasteiger partial charge in [0.15, 0.2) is 11.5 Å². The molecule has 0 aromatic heterocycles. The number of carbonyl (C=O) groups excluding carboxylic acids is 1.